The van der Waals surface area contributed by atoms with Gasteiger partial charge in [-0.15, -0.1) is 0 Å². The molecule has 0 radical (unpaired) electrons. The average molecular weight is 274 g/mol. The molecule has 1 atom stereocenters. The van der Waals surface area contributed by atoms with Crippen LogP contribution in [-0.2, 0) is 9.53 Å². The molecule has 3 rings (SSSR count). The van der Waals surface area contributed by atoms with Crippen molar-refractivity contribution in [3.05, 3.63) is 30.1 Å². The molecule has 5 nitrogen and oxygen atoms in total. The van der Waals surface area contributed by atoms with E-state index in [2.05, 4.69) is 4.98 Å². The standard InChI is InChI=1S/C15H18N2O3/c1-20-14(19)11-10-15(11)5-8-17(9-6-15)13(18)12-4-2-3-7-16-12/h2-4,7,11H,5-6,8-10H2,1H3. The van der Waals surface area contributed by atoms with Crippen molar-refractivity contribution < 1.29 is 14.3 Å². The Kier molecular flexibility index (Phi) is 3.20. The third-order valence-electron chi connectivity index (χ3n) is 4.61. The van der Waals surface area contributed by atoms with Crippen LogP contribution in [0.3, 0.4) is 0 Å². The zero-order chi connectivity index (χ0) is 14.2. The fraction of sp³-hybridized carbons (Fsp3) is 0.533. The molecule has 1 aromatic rings. The van der Waals surface area contributed by atoms with Crippen molar-refractivity contribution in [1.29, 1.82) is 0 Å². The Morgan fingerprint density at radius 3 is 2.70 bits per heavy atom. The minimum Gasteiger partial charge on any atom is -0.469 e. The summed E-state index contributed by atoms with van der Waals surface area (Å²) in [6.07, 6.45) is 4.30. The van der Waals surface area contributed by atoms with Crippen molar-refractivity contribution in [1.82, 2.24) is 9.88 Å². The maximum absolute atomic E-state index is 12.3. The molecule has 106 valence electrons. The number of hydrogen-bond donors (Lipinski definition) is 0. The molecule has 1 aliphatic carbocycles. The summed E-state index contributed by atoms with van der Waals surface area (Å²) in [4.78, 5) is 29.8. The topological polar surface area (TPSA) is 59.5 Å². The summed E-state index contributed by atoms with van der Waals surface area (Å²) in [5.41, 5.74) is 0.581. The maximum atomic E-state index is 12.3. The van der Waals surface area contributed by atoms with Gasteiger partial charge in [-0.2, -0.15) is 0 Å². The molecule has 1 aliphatic heterocycles. The minimum absolute atomic E-state index is 0.0179. The number of ether oxygens (including phenoxy) is 1. The molecule has 20 heavy (non-hydrogen) atoms. The van der Waals surface area contributed by atoms with Gasteiger partial charge in [-0.3, -0.25) is 14.6 Å². The van der Waals surface area contributed by atoms with Gasteiger partial charge < -0.3 is 9.64 Å². The van der Waals surface area contributed by atoms with Crippen LogP contribution in [0.2, 0.25) is 0 Å². The number of likely N-dealkylation sites (tertiary alicyclic amines) is 1. The summed E-state index contributed by atoms with van der Waals surface area (Å²) in [7, 11) is 1.44. The summed E-state index contributed by atoms with van der Waals surface area (Å²) in [6.45, 7) is 1.39. The third-order valence-corrected chi connectivity index (χ3v) is 4.61. The van der Waals surface area contributed by atoms with E-state index in [1.807, 2.05) is 11.0 Å². The second kappa shape index (κ2) is 4.89. The van der Waals surface area contributed by atoms with Crippen LogP contribution in [0.4, 0.5) is 0 Å². The number of pyridine rings is 1. The van der Waals surface area contributed by atoms with Crippen molar-refractivity contribution in [2.45, 2.75) is 19.3 Å². The highest BCUT2D eigenvalue weighted by atomic mass is 16.5. The lowest BCUT2D eigenvalue weighted by Crippen LogP contribution is -2.40. The molecular formula is C15H18N2O3. The molecule has 2 fully saturated rings. The highest BCUT2D eigenvalue weighted by Gasteiger charge is 2.59. The van der Waals surface area contributed by atoms with Crippen molar-refractivity contribution in [2.75, 3.05) is 20.2 Å². The van der Waals surface area contributed by atoms with Crippen molar-refractivity contribution in [2.24, 2.45) is 11.3 Å². The van der Waals surface area contributed by atoms with Crippen LogP contribution in [0.5, 0.6) is 0 Å². The van der Waals surface area contributed by atoms with Crippen LogP contribution in [0.1, 0.15) is 29.8 Å². The fourth-order valence-corrected chi connectivity index (χ4v) is 3.18. The summed E-state index contributed by atoms with van der Waals surface area (Å²) in [5.74, 6) is -0.0789. The Morgan fingerprint density at radius 2 is 2.10 bits per heavy atom. The lowest BCUT2D eigenvalue weighted by Gasteiger charge is -2.32. The average Bonchev–Trinajstić information content (AvgIpc) is 3.21. The Bertz CT molecular complexity index is 521. The Morgan fingerprint density at radius 1 is 1.35 bits per heavy atom. The minimum atomic E-state index is -0.102. The van der Waals surface area contributed by atoms with E-state index in [1.165, 1.54) is 7.11 Å². The highest BCUT2D eigenvalue weighted by molar-refractivity contribution is 5.92. The van der Waals surface area contributed by atoms with Crippen molar-refractivity contribution in [3.63, 3.8) is 0 Å². The SMILES string of the molecule is COC(=O)C1CC12CCN(C(=O)c1ccccn1)CC2. The van der Waals surface area contributed by atoms with Gasteiger partial charge >= 0.3 is 5.97 Å². The molecule has 0 bridgehead atoms. The second-order valence-corrected chi connectivity index (χ2v) is 5.65. The number of piperidine rings is 1. The van der Waals surface area contributed by atoms with Crippen molar-refractivity contribution >= 4 is 11.9 Å². The summed E-state index contributed by atoms with van der Waals surface area (Å²) in [6, 6.07) is 5.36. The predicted octanol–water partition coefficient (Wildman–Crippen LogP) is 1.50. The van der Waals surface area contributed by atoms with Crippen molar-refractivity contribution in [3.8, 4) is 0 Å². The lowest BCUT2D eigenvalue weighted by molar-refractivity contribution is -0.143. The highest BCUT2D eigenvalue weighted by Crippen LogP contribution is 2.59. The van der Waals surface area contributed by atoms with E-state index in [4.69, 9.17) is 4.74 Å². The maximum Gasteiger partial charge on any atom is 0.309 e. The van der Waals surface area contributed by atoms with Crippen LogP contribution in [-0.4, -0.2) is 42.0 Å². The van der Waals surface area contributed by atoms with E-state index in [0.717, 1.165) is 19.3 Å². The number of methoxy groups -OCH3 is 1. The molecular weight excluding hydrogens is 256 g/mol. The summed E-state index contributed by atoms with van der Waals surface area (Å²) >= 11 is 0. The smallest absolute Gasteiger partial charge is 0.309 e. The first-order valence-corrected chi connectivity index (χ1v) is 6.94. The first kappa shape index (κ1) is 13.1. The molecule has 1 saturated heterocycles. The van der Waals surface area contributed by atoms with Gasteiger partial charge in [0.1, 0.15) is 5.69 Å². The Balaban J connectivity index is 1.60. The van der Waals surface area contributed by atoms with Gasteiger partial charge in [0, 0.05) is 19.3 Å². The monoisotopic (exact) mass is 274 g/mol. The number of esters is 1. The number of nitrogens with zero attached hydrogens (tertiary/aromatic N) is 2. The molecule has 0 N–H and O–H groups in total. The normalized spacial score (nSPS) is 23.4. The molecule has 1 spiro atoms. The van der Waals surface area contributed by atoms with Gasteiger partial charge in [-0.05, 0) is 36.8 Å². The van der Waals surface area contributed by atoms with Gasteiger partial charge in [0.15, 0.2) is 0 Å². The van der Waals surface area contributed by atoms with Gasteiger partial charge in [0.2, 0.25) is 0 Å². The van der Waals surface area contributed by atoms with Crippen LogP contribution < -0.4 is 0 Å². The van der Waals surface area contributed by atoms with Crippen LogP contribution >= 0.6 is 0 Å². The molecule has 1 saturated carbocycles. The zero-order valence-electron chi connectivity index (χ0n) is 11.5. The van der Waals surface area contributed by atoms with E-state index < -0.39 is 0 Å². The van der Waals surface area contributed by atoms with Crippen LogP contribution in [0, 0.1) is 11.3 Å². The van der Waals surface area contributed by atoms with Crippen LogP contribution in [0.15, 0.2) is 24.4 Å². The Hall–Kier alpha value is -1.91. The number of carbonyl (C=O) groups is 2. The van der Waals surface area contributed by atoms with E-state index in [0.29, 0.717) is 18.8 Å². The summed E-state index contributed by atoms with van der Waals surface area (Å²) in [5, 5.41) is 0. The quantitative estimate of drug-likeness (QED) is 0.767. The molecule has 0 aromatic carbocycles. The zero-order valence-corrected chi connectivity index (χ0v) is 11.5. The Labute approximate surface area is 117 Å². The number of hydrogen-bond acceptors (Lipinski definition) is 4. The van der Waals surface area contributed by atoms with Crippen LogP contribution in [0.25, 0.3) is 0 Å². The molecule has 1 amide bonds. The largest absolute Gasteiger partial charge is 0.469 e. The van der Waals surface area contributed by atoms with E-state index in [1.54, 1.807) is 18.3 Å². The number of aromatic nitrogens is 1. The van der Waals surface area contributed by atoms with E-state index in [-0.39, 0.29) is 23.2 Å². The first-order valence-electron chi connectivity index (χ1n) is 6.94. The predicted molar refractivity (Wildman–Crippen MR) is 71.9 cm³/mol. The molecule has 1 aromatic heterocycles. The van der Waals surface area contributed by atoms with Gasteiger partial charge in [-0.25, -0.2) is 0 Å². The first-order chi connectivity index (χ1) is 9.66. The van der Waals surface area contributed by atoms with E-state index in [9.17, 15) is 9.59 Å². The molecule has 1 unspecified atom stereocenters. The van der Waals surface area contributed by atoms with Gasteiger partial charge in [0.25, 0.3) is 5.91 Å². The second-order valence-electron chi connectivity index (χ2n) is 5.65. The molecule has 5 heteroatoms. The number of rotatable bonds is 2. The fourth-order valence-electron chi connectivity index (χ4n) is 3.18. The van der Waals surface area contributed by atoms with Gasteiger partial charge in [-0.1, -0.05) is 6.07 Å². The number of amides is 1. The molecule has 2 aliphatic rings. The summed E-state index contributed by atoms with van der Waals surface area (Å²) < 4.78 is 4.82. The molecule has 2 heterocycles. The number of carbonyl (C=O) groups excluding carboxylic acids is 2. The third kappa shape index (κ3) is 2.17. The van der Waals surface area contributed by atoms with Gasteiger partial charge in [0.05, 0.1) is 13.0 Å². The van der Waals surface area contributed by atoms with E-state index >= 15 is 0 Å². The lowest BCUT2D eigenvalue weighted by atomic mass is 9.90.